The lowest BCUT2D eigenvalue weighted by Gasteiger charge is -2.26. The minimum atomic E-state index is 1.12. The molecule has 0 unspecified atom stereocenters. The molecule has 262 valence electrons. The first kappa shape index (κ1) is 31.6. The van der Waals surface area contributed by atoms with Crippen LogP contribution in [0.3, 0.4) is 0 Å². The second kappa shape index (κ2) is 12.4. The zero-order valence-corrected chi connectivity index (χ0v) is 31.8. The lowest BCUT2D eigenvalue weighted by Crippen LogP contribution is -2.09. The lowest BCUT2D eigenvalue weighted by atomic mass is 10.0. The molecule has 0 bridgehead atoms. The van der Waals surface area contributed by atoms with E-state index in [2.05, 4.69) is 204 Å². The Morgan fingerprint density at radius 1 is 0.339 bits per heavy atom. The molecule has 0 saturated heterocycles. The van der Waals surface area contributed by atoms with Gasteiger partial charge >= 0.3 is 0 Å². The zero-order chi connectivity index (χ0) is 36.7. The molecule has 0 aliphatic carbocycles. The highest BCUT2D eigenvalue weighted by molar-refractivity contribution is 7.26. The van der Waals surface area contributed by atoms with E-state index in [0.29, 0.717) is 0 Å². The number of anilines is 3. The number of aromatic nitrogens is 1. The van der Waals surface area contributed by atoms with Crippen LogP contribution >= 0.6 is 22.7 Å². The van der Waals surface area contributed by atoms with E-state index in [-0.39, 0.29) is 0 Å². The molecule has 4 heterocycles. The Balaban J connectivity index is 0.963. The molecule has 56 heavy (non-hydrogen) atoms. The first-order chi connectivity index (χ1) is 27.7. The highest BCUT2D eigenvalue weighted by atomic mass is 32.1. The van der Waals surface area contributed by atoms with E-state index in [1.165, 1.54) is 89.7 Å². The van der Waals surface area contributed by atoms with Gasteiger partial charge in [-0.3, -0.25) is 0 Å². The maximum Gasteiger partial charge on any atom is 0.0468 e. The molecular formula is C52H32N2S2. The van der Waals surface area contributed by atoms with Crippen LogP contribution in [0.25, 0.3) is 89.7 Å². The Hall–Kier alpha value is -6.72. The summed E-state index contributed by atoms with van der Waals surface area (Å²) in [6, 6.07) is 67.3. The predicted octanol–water partition coefficient (Wildman–Crippen LogP) is 15.8. The van der Waals surface area contributed by atoms with Crippen molar-refractivity contribution in [2.75, 3.05) is 4.90 Å². The molecule has 4 aromatic heterocycles. The van der Waals surface area contributed by atoms with Crippen molar-refractivity contribution in [2.45, 2.75) is 0 Å². The van der Waals surface area contributed by atoms with Crippen molar-refractivity contribution in [3.8, 4) is 22.3 Å². The lowest BCUT2D eigenvalue weighted by molar-refractivity contribution is 1.20. The molecule has 12 aromatic rings. The van der Waals surface area contributed by atoms with Crippen molar-refractivity contribution in [1.82, 2.24) is 4.40 Å². The van der Waals surface area contributed by atoms with Gasteiger partial charge in [-0.05, 0) is 129 Å². The molecule has 0 spiro atoms. The number of rotatable bonds is 5. The number of fused-ring (bicyclic) bond motifs is 9. The predicted molar refractivity (Wildman–Crippen MR) is 244 cm³/mol. The molecule has 8 aromatic carbocycles. The monoisotopic (exact) mass is 748 g/mol. The van der Waals surface area contributed by atoms with Gasteiger partial charge in [0, 0.05) is 80.9 Å². The molecule has 0 saturated carbocycles. The number of pyridine rings is 1. The Morgan fingerprint density at radius 3 is 1.41 bits per heavy atom. The van der Waals surface area contributed by atoms with E-state index in [1.807, 2.05) is 22.7 Å². The maximum atomic E-state index is 2.41. The summed E-state index contributed by atoms with van der Waals surface area (Å²) in [7, 11) is 0. The van der Waals surface area contributed by atoms with Gasteiger partial charge in [0.05, 0.1) is 0 Å². The van der Waals surface area contributed by atoms with Gasteiger partial charge in [-0.15, -0.1) is 22.7 Å². The van der Waals surface area contributed by atoms with Crippen LogP contribution < -0.4 is 4.90 Å². The Labute approximate surface area is 331 Å². The van der Waals surface area contributed by atoms with Crippen molar-refractivity contribution in [2.24, 2.45) is 0 Å². The van der Waals surface area contributed by atoms with E-state index >= 15 is 0 Å². The van der Waals surface area contributed by atoms with E-state index in [9.17, 15) is 0 Å². The summed E-state index contributed by atoms with van der Waals surface area (Å²) < 4.78 is 7.48. The summed E-state index contributed by atoms with van der Waals surface area (Å²) in [5, 5.41) is 10.3. The number of thiophene rings is 2. The van der Waals surface area contributed by atoms with Gasteiger partial charge in [0.15, 0.2) is 0 Å². The number of nitrogens with zero attached hydrogens (tertiary/aromatic N) is 2. The second-order valence-corrected chi connectivity index (χ2v) is 16.8. The molecule has 12 rings (SSSR count). The fourth-order valence-electron chi connectivity index (χ4n) is 8.51. The third kappa shape index (κ3) is 5.15. The van der Waals surface area contributed by atoms with Crippen LogP contribution in [-0.2, 0) is 0 Å². The quantitative estimate of drug-likeness (QED) is 0.170. The maximum absolute atomic E-state index is 2.41. The van der Waals surface area contributed by atoms with Crippen LogP contribution in [0.5, 0.6) is 0 Å². The fourth-order valence-corrected chi connectivity index (χ4v) is 10.8. The molecule has 0 radical (unpaired) electrons. The molecular weight excluding hydrogens is 717 g/mol. The van der Waals surface area contributed by atoms with Gasteiger partial charge in [-0.1, -0.05) is 91.0 Å². The summed E-state index contributed by atoms with van der Waals surface area (Å²) in [5.74, 6) is 0. The minimum Gasteiger partial charge on any atom is -0.323 e. The van der Waals surface area contributed by atoms with Crippen molar-refractivity contribution >= 4 is 107 Å². The molecule has 0 N–H and O–H groups in total. The van der Waals surface area contributed by atoms with Crippen molar-refractivity contribution < 1.29 is 0 Å². The van der Waals surface area contributed by atoms with Crippen molar-refractivity contribution in [3.63, 3.8) is 0 Å². The van der Waals surface area contributed by atoms with Crippen LogP contribution in [0, 0.1) is 0 Å². The SMILES string of the molecule is c1ccc2c(c1)sc1cc3cc(N(c4ccc(-c5ccc(-c6cc7ccccn7c6)cc5)cc4)c4ccc5cc6c(cc5c4)sc4ccccc46)ccc3cc12. The van der Waals surface area contributed by atoms with Gasteiger partial charge in [0.25, 0.3) is 0 Å². The normalized spacial score (nSPS) is 11.9. The molecule has 0 aliphatic rings. The topological polar surface area (TPSA) is 7.65 Å². The molecule has 4 heteroatoms. The third-order valence-electron chi connectivity index (χ3n) is 11.3. The minimum absolute atomic E-state index is 1.12. The van der Waals surface area contributed by atoms with E-state index in [1.54, 1.807) is 0 Å². The first-order valence-corrected chi connectivity index (χ1v) is 20.6. The number of hydrogen-bond donors (Lipinski definition) is 0. The smallest absolute Gasteiger partial charge is 0.0468 e. The Bertz CT molecular complexity index is 3290. The fraction of sp³-hybridized carbons (Fsp3) is 0. The summed E-state index contributed by atoms with van der Waals surface area (Å²) in [6.45, 7) is 0. The summed E-state index contributed by atoms with van der Waals surface area (Å²) in [6.07, 6.45) is 4.30. The molecule has 0 atom stereocenters. The molecule has 0 amide bonds. The summed E-state index contributed by atoms with van der Waals surface area (Å²) >= 11 is 3.75. The van der Waals surface area contributed by atoms with Gasteiger partial charge in [0.2, 0.25) is 0 Å². The average molecular weight is 749 g/mol. The zero-order valence-electron chi connectivity index (χ0n) is 30.2. The highest BCUT2D eigenvalue weighted by Gasteiger charge is 2.16. The second-order valence-electron chi connectivity index (χ2n) is 14.7. The number of benzene rings is 8. The third-order valence-corrected chi connectivity index (χ3v) is 13.6. The largest absolute Gasteiger partial charge is 0.323 e. The van der Waals surface area contributed by atoms with E-state index in [4.69, 9.17) is 0 Å². The van der Waals surface area contributed by atoms with E-state index in [0.717, 1.165) is 17.1 Å². The molecule has 2 nitrogen and oxygen atoms in total. The van der Waals surface area contributed by atoms with Crippen LogP contribution in [-0.4, -0.2) is 4.40 Å². The van der Waals surface area contributed by atoms with Gasteiger partial charge in [-0.25, -0.2) is 0 Å². The van der Waals surface area contributed by atoms with Gasteiger partial charge in [-0.2, -0.15) is 0 Å². The van der Waals surface area contributed by atoms with Crippen LogP contribution in [0.1, 0.15) is 0 Å². The van der Waals surface area contributed by atoms with Crippen molar-refractivity contribution in [1.29, 1.82) is 0 Å². The van der Waals surface area contributed by atoms with Crippen LogP contribution in [0.15, 0.2) is 194 Å². The highest BCUT2D eigenvalue weighted by Crippen LogP contribution is 2.43. The van der Waals surface area contributed by atoms with Gasteiger partial charge in [0.1, 0.15) is 0 Å². The Kier molecular flexibility index (Phi) is 7.00. The standard InChI is InChI=1S/C52H32N2S2/c1-3-10-49-45(8-1)47-28-36-18-22-43(25-38(36)30-51(47)55-49)54(44-23-19-37-29-48-46-9-2-4-11-50(46)56-52(48)31-39(37)26-44)41-20-16-34(17-21-41)33-12-14-35(15-13-33)40-27-42-7-5-6-24-53(42)32-40/h1-32H. The molecule has 0 aliphatic heterocycles. The average Bonchev–Trinajstić information content (AvgIpc) is 3.95. The summed E-state index contributed by atoms with van der Waals surface area (Å²) in [4.78, 5) is 2.41. The summed E-state index contributed by atoms with van der Waals surface area (Å²) in [5.41, 5.74) is 9.43. The van der Waals surface area contributed by atoms with Crippen molar-refractivity contribution in [3.05, 3.63) is 194 Å². The first-order valence-electron chi connectivity index (χ1n) is 19.0. The Morgan fingerprint density at radius 2 is 0.839 bits per heavy atom. The molecule has 0 fully saturated rings. The van der Waals surface area contributed by atoms with Crippen LogP contribution in [0.2, 0.25) is 0 Å². The van der Waals surface area contributed by atoms with Crippen LogP contribution in [0.4, 0.5) is 17.1 Å². The van der Waals surface area contributed by atoms with Gasteiger partial charge < -0.3 is 9.30 Å². The van der Waals surface area contributed by atoms with E-state index < -0.39 is 0 Å². The number of hydrogen-bond acceptors (Lipinski definition) is 3.